The summed E-state index contributed by atoms with van der Waals surface area (Å²) >= 11 is 0. The zero-order chi connectivity index (χ0) is 14.1. The molecule has 3 nitrogen and oxygen atoms in total. The van der Waals surface area contributed by atoms with E-state index >= 15 is 0 Å². The van der Waals surface area contributed by atoms with Crippen molar-refractivity contribution < 1.29 is 4.79 Å². The zero-order valence-electron chi connectivity index (χ0n) is 11.6. The first kappa shape index (κ1) is 12.5. The second-order valence-corrected chi connectivity index (χ2v) is 4.99. The number of rotatable bonds is 3. The Bertz CT molecular complexity index is 771. The van der Waals surface area contributed by atoms with E-state index in [2.05, 4.69) is 4.98 Å². The molecule has 2 aromatic carbocycles. The summed E-state index contributed by atoms with van der Waals surface area (Å²) in [7, 11) is 3.89. The van der Waals surface area contributed by atoms with Crippen LogP contribution in [0, 0.1) is 0 Å². The van der Waals surface area contributed by atoms with Crippen LogP contribution < -0.4 is 4.90 Å². The van der Waals surface area contributed by atoms with Gasteiger partial charge in [-0.3, -0.25) is 4.79 Å². The molecular weight excluding hydrogens is 248 g/mol. The summed E-state index contributed by atoms with van der Waals surface area (Å²) in [4.78, 5) is 17.9. The van der Waals surface area contributed by atoms with E-state index in [1.807, 2.05) is 67.5 Å². The van der Waals surface area contributed by atoms with Crippen molar-refractivity contribution in [3.63, 3.8) is 0 Å². The van der Waals surface area contributed by atoms with E-state index in [-0.39, 0.29) is 5.78 Å². The van der Waals surface area contributed by atoms with Crippen LogP contribution in [0.3, 0.4) is 0 Å². The number of H-pyrrole nitrogens is 1. The Morgan fingerprint density at radius 2 is 1.65 bits per heavy atom. The first-order valence-corrected chi connectivity index (χ1v) is 6.55. The molecule has 3 heteroatoms. The van der Waals surface area contributed by atoms with Gasteiger partial charge in [-0.2, -0.15) is 0 Å². The monoisotopic (exact) mass is 264 g/mol. The number of fused-ring (bicyclic) bond motifs is 1. The number of nitrogens with one attached hydrogen (secondary N) is 1. The summed E-state index contributed by atoms with van der Waals surface area (Å²) in [5.41, 5.74) is 3.36. The molecule has 3 aromatic rings. The van der Waals surface area contributed by atoms with Crippen LogP contribution in [-0.2, 0) is 0 Å². The molecule has 100 valence electrons. The lowest BCUT2D eigenvalue weighted by Crippen LogP contribution is -2.14. The van der Waals surface area contributed by atoms with Crippen molar-refractivity contribution in [3.8, 4) is 0 Å². The smallest absolute Gasteiger partial charge is 0.197 e. The predicted octanol–water partition coefficient (Wildman–Crippen LogP) is 3.46. The fourth-order valence-electron chi connectivity index (χ4n) is 2.46. The standard InChI is InChI=1S/C17H16N2O/c1-19(2)16-10-6-4-8-13(16)17(20)14-11-18-15-9-5-3-7-12(14)15/h3-11,18H,1-2H3. The van der Waals surface area contributed by atoms with Gasteiger partial charge in [0.1, 0.15) is 0 Å². The van der Waals surface area contributed by atoms with Crippen LogP contribution in [0.1, 0.15) is 15.9 Å². The molecule has 0 aliphatic heterocycles. The number of hydrogen-bond acceptors (Lipinski definition) is 2. The molecule has 0 amide bonds. The molecule has 1 heterocycles. The van der Waals surface area contributed by atoms with Gasteiger partial charge in [0.2, 0.25) is 0 Å². The van der Waals surface area contributed by atoms with Crippen molar-refractivity contribution in [3.05, 3.63) is 65.9 Å². The van der Waals surface area contributed by atoms with E-state index < -0.39 is 0 Å². The third kappa shape index (κ3) is 1.97. The van der Waals surface area contributed by atoms with E-state index in [4.69, 9.17) is 0 Å². The van der Waals surface area contributed by atoms with Crippen LogP contribution >= 0.6 is 0 Å². The van der Waals surface area contributed by atoms with E-state index in [1.165, 1.54) is 0 Å². The molecule has 0 spiro atoms. The molecule has 3 rings (SSSR count). The van der Waals surface area contributed by atoms with Crippen molar-refractivity contribution >= 4 is 22.4 Å². The number of carbonyl (C=O) groups is 1. The summed E-state index contributed by atoms with van der Waals surface area (Å²) < 4.78 is 0. The van der Waals surface area contributed by atoms with Crippen molar-refractivity contribution in [1.82, 2.24) is 4.98 Å². The Labute approximate surface area is 117 Å². The number of aromatic nitrogens is 1. The minimum atomic E-state index is 0.0479. The molecule has 1 N–H and O–H groups in total. The number of aromatic amines is 1. The number of anilines is 1. The molecule has 0 radical (unpaired) electrons. The molecule has 0 aliphatic carbocycles. The summed E-state index contributed by atoms with van der Waals surface area (Å²) in [5.74, 6) is 0.0479. The average molecular weight is 264 g/mol. The topological polar surface area (TPSA) is 36.1 Å². The number of ketones is 1. The maximum Gasteiger partial charge on any atom is 0.197 e. The van der Waals surface area contributed by atoms with Crippen LogP contribution in [0.15, 0.2) is 54.7 Å². The number of nitrogens with zero attached hydrogens (tertiary/aromatic N) is 1. The number of carbonyl (C=O) groups excluding carboxylic acids is 1. The van der Waals surface area contributed by atoms with Crippen molar-refractivity contribution in [2.24, 2.45) is 0 Å². The van der Waals surface area contributed by atoms with Crippen LogP contribution in [0.2, 0.25) is 0 Å². The highest BCUT2D eigenvalue weighted by Gasteiger charge is 2.17. The van der Waals surface area contributed by atoms with Gasteiger partial charge in [-0.15, -0.1) is 0 Å². The fourth-order valence-corrected chi connectivity index (χ4v) is 2.46. The van der Waals surface area contributed by atoms with Gasteiger partial charge in [-0.25, -0.2) is 0 Å². The Morgan fingerprint density at radius 1 is 0.950 bits per heavy atom. The van der Waals surface area contributed by atoms with Crippen LogP contribution in [-0.4, -0.2) is 24.9 Å². The van der Waals surface area contributed by atoms with E-state index in [1.54, 1.807) is 6.20 Å². The number of hydrogen-bond donors (Lipinski definition) is 1. The molecule has 1 aromatic heterocycles. The normalized spacial score (nSPS) is 10.7. The van der Waals surface area contributed by atoms with Crippen molar-refractivity contribution in [1.29, 1.82) is 0 Å². The second-order valence-electron chi connectivity index (χ2n) is 4.99. The second kappa shape index (κ2) is 4.85. The molecule has 0 aliphatic rings. The molecule has 0 unspecified atom stereocenters. The molecule has 0 atom stereocenters. The third-order valence-electron chi connectivity index (χ3n) is 3.46. The number of para-hydroxylation sites is 2. The Balaban J connectivity index is 2.14. The maximum atomic E-state index is 12.8. The lowest BCUT2D eigenvalue weighted by Gasteiger charge is -2.16. The average Bonchev–Trinajstić information content (AvgIpc) is 2.90. The zero-order valence-corrected chi connectivity index (χ0v) is 11.6. The van der Waals surface area contributed by atoms with Crippen LogP contribution in [0.5, 0.6) is 0 Å². The van der Waals surface area contributed by atoms with E-state index in [0.717, 1.165) is 27.7 Å². The van der Waals surface area contributed by atoms with Gasteiger partial charge in [-0.05, 0) is 18.2 Å². The molecule has 20 heavy (non-hydrogen) atoms. The van der Waals surface area contributed by atoms with Gasteiger partial charge in [0, 0.05) is 48.0 Å². The van der Waals surface area contributed by atoms with Crippen LogP contribution in [0.25, 0.3) is 10.9 Å². The van der Waals surface area contributed by atoms with Crippen molar-refractivity contribution in [2.75, 3.05) is 19.0 Å². The van der Waals surface area contributed by atoms with Gasteiger partial charge in [0.05, 0.1) is 0 Å². The SMILES string of the molecule is CN(C)c1ccccc1C(=O)c1c[nH]c2ccccc12. The maximum absolute atomic E-state index is 12.8. The summed E-state index contributed by atoms with van der Waals surface area (Å²) in [5, 5.41) is 0.964. The number of benzene rings is 2. The lowest BCUT2D eigenvalue weighted by atomic mass is 10.0. The molecule has 0 saturated carbocycles. The molecular formula is C17H16N2O. The fraction of sp³-hybridized carbons (Fsp3) is 0.118. The van der Waals surface area contributed by atoms with Crippen LogP contribution in [0.4, 0.5) is 5.69 Å². The minimum absolute atomic E-state index is 0.0479. The van der Waals surface area contributed by atoms with Gasteiger partial charge in [-0.1, -0.05) is 30.3 Å². The molecule has 0 bridgehead atoms. The third-order valence-corrected chi connectivity index (χ3v) is 3.46. The first-order chi connectivity index (χ1) is 9.68. The summed E-state index contributed by atoms with van der Waals surface area (Å²) in [6.07, 6.45) is 1.79. The van der Waals surface area contributed by atoms with Gasteiger partial charge in [0.25, 0.3) is 0 Å². The first-order valence-electron chi connectivity index (χ1n) is 6.55. The van der Waals surface area contributed by atoms with Crippen molar-refractivity contribution in [2.45, 2.75) is 0 Å². The Morgan fingerprint density at radius 3 is 2.45 bits per heavy atom. The van der Waals surface area contributed by atoms with Gasteiger partial charge < -0.3 is 9.88 Å². The molecule has 0 fully saturated rings. The minimum Gasteiger partial charge on any atom is -0.377 e. The Hall–Kier alpha value is -2.55. The Kier molecular flexibility index (Phi) is 3.03. The highest BCUT2D eigenvalue weighted by atomic mass is 16.1. The van der Waals surface area contributed by atoms with E-state index in [9.17, 15) is 4.79 Å². The van der Waals surface area contributed by atoms with Gasteiger partial charge in [0.15, 0.2) is 5.78 Å². The molecule has 0 saturated heterocycles. The lowest BCUT2D eigenvalue weighted by molar-refractivity contribution is 0.104. The van der Waals surface area contributed by atoms with Gasteiger partial charge >= 0.3 is 0 Å². The quantitative estimate of drug-likeness (QED) is 0.735. The summed E-state index contributed by atoms with van der Waals surface area (Å²) in [6, 6.07) is 15.5. The largest absolute Gasteiger partial charge is 0.377 e. The van der Waals surface area contributed by atoms with E-state index in [0.29, 0.717) is 0 Å². The highest BCUT2D eigenvalue weighted by molar-refractivity contribution is 6.18. The highest BCUT2D eigenvalue weighted by Crippen LogP contribution is 2.25. The summed E-state index contributed by atoms with van der Waals surface area (Å²) in [6.45, 7) is 0. The predicted molar refractivity (Wildman–Crippen MR) is 82.5 cm³/mol.